The van der Waals surface area contributed by atoms with Gasteiger partial charge in [-0.2, -0.15) is 0 Å². The number of aromatic nitrogens is 2. The first-order valence-corrected chi connectivity index (χ1v) is 5.21. The summed E-state index contributed by atoms with van der Waals surface area (Å²) in [6.07, 6.45) is 2.28. The number of nitrogens with two attached hydrogens (primary N) is 1. The van der Waals surface area contributed by atoms with Gasteiger partial charge in [0, 0.05) is 19.8 Å². The second-order valence-corrected chi connectivity index (χ2v) is 3.26. The predicted molar refractivity (Wildman–Crippen MR) is 61.1 cm³/mol. The lowest BCUT2D eigenvalue weighted by Gasteiger charge is -2.08. The SMILES string of the molecule is CCOCCCNc1ncnc(Cl)c1N. The summed E-state index contributed by atoms with van der Waals surface area (Å²) in [5.74, 6) is 0.575. The molecule has 0 saturated carbocycles. The van der Waals surface area contributed by atoms with Crippen LogP contribution in [0.3, 0.4) is 0 Å². The van der Waals surface area contributed by atoms with Gasteiger partial charge in [-0.1, -0.05) is 11.6 Å². The lowest BCUT2D eigenvalue weighted by molar-refractivity contribution is 0.147. The molecule has 84 valence electrons. The smallest absolute Gasteiger partial charge is 0.157 e. The highest BCUT2D eigenvalue weighted by Crippen LogP contribution is 2.21. The molecule has 0 atom stereocenters. The Balaban J connectivity index is 2.34. The predicted octanol–water partition coefficient (Wildman–Crippen LogP) is 1.55. The quantitative estimate of drug-likeness (QED) is 0.573. The molecule has 0 fully saturated rings. The Hall–Kier alpha value is -1.07. The van der Waals surface area contributed by atoms with Crippen molar-refractivity contribution in [3.05, 3.63) is 11.5 Å². The zero-order valence-corrected chi connectivity index (χ0v) is 9.42. The summed E-state index contributed by atoms with van der Waals surface area (Å²) in [7, 11) is 0. The van der Waals surface area contributed by atoms with Crippen LogP contribution < -0.4 is 11.1 Å². The molecule has 0 unspecified atom stereocenters. The zero-order chi connectivity index (χ0) is 11.1. The topological polar surface area (TPSA) is 73.1 Å². The molecular weight excluding hydrogens is 216 g/mol. The third-order valence-corrected chi connectivity index (χ3v) is 2.10. The first kappa shape index (κ1) is 12.0. The van der Waals surface area contributed by atoms with Crippen LogP contribution in [0.4, 0.5) is 11.5 Å². The molecule has 0 aromatic carbocycles. The minimum atomic E-state index is 0.275. The van der Waals surface area contributed by atoms with Crippen LogP contribution in [0.2, 0.25) is 5.15 Å². The molecule has 1 rings (SSSR count). The normalized spacial score (nSPS) is 10.3. The van der Waals surface area contributed by atoms with Crippen LogP contribution in [0.5, 0.6) is 0 Å². The highest BCUT2D eigenvalue weighted by molar-refractivity contribution is 6.32. The van der Waals surface area contributed by atoms with E-state index in [0.717, 1.165) is 26.2 Å². The highest BCUT2D eigenvalue weighted by atomic mass is 35.5. The summed E-state index contributed by atoms with van der Waals surface area (Å²) >= 11 is 5.74. The van der Waals surface area contributed by atoms with Gasteiger partial charge < -0.3 is 15.8 Å². The summed E-state index contributed by atoms with van der Waals surface area (Å²) in [5, 5.41) is 3.35. The molecule has 1 heterocycles. The molecule has 0 aliphatic rings. The molecule has 0 aliphatic heterocycles. The number of halogens is 1. The van der Waals surface area contributed by atoms with Gasteiger partial charge in [-0.15, -0.1) is 0 Å². The maximum Gasteiger partial charge on any atom is 0.157 e. The molecular formula is C9H15ClN4O. The highest BCUT2D eigenvalue weighted by Gasteiger charge is 2.04. The maximum atomic E-state index is 5.74. The molecule has 0 amide bonds. The van der Waals surface area contributed by atoms with E-state index in [9.17, 15) is 0 Å². The average molecular weight is 231 g/mol. The molecule has 0 bridgehead atoms. The third-order valence-electron chi connectivity index (χ3n) is 1.80. The van der Waals surface area contributed by atoms with Gasteiger partial charge in [0.2, 0.25) is 0 Å². The van der Waals surface area contributed by atoms with Crippen LogP contribution in [0.25, 0.3) is 0 Å². The van der Waals surface area contributed by atoms with Crippen molar-refractivity contribution < 1.29 is 4.74 Å². The summed E-state index contributed by atoms with van der Waals surface area (Å²) in [6.45, 7) is 4.18. The Morgan fingerprint density at radius 1 is 1.53 bits per heavy atom. The molecule has 1 aromatic heterocycles. The van der Waals surface area contributed by atoms with Gasteiger partial charge >= 0.3 is 0 Å². The number of nitrogens with zero attached hydrogens (tertiary/aromatic N) is 2. The fourth-order valence-electron chi connectivity index (χ4n) is 1.04. The molecule has 6 heteroatoms. The summed E-state index contributed by atoms with van der Waals surface area (Å²) in [4.78, 5) is 7.75. The molecule has 3 N–H and O–H groups in total. The van der Waals surface area contributed by atoms with Gasteiger partial charge in [-0.3, -0.25) is 0 Å². The van der Waals surface area contributed by atoms with Crippen molar-refractivity contribution in [3.63, 3.8) is 0 Å². The van der Waals surface area contributed by atoms with Crippen LogP contribution in [-0.4, -0.2) is 29.7 Å². The van der Waals surface area contributed by atoms with Gasteiger partial charge in [0.15, 0.2) is 11.0 Å². The largest absolute Gasteiger partial charge is 0.393 e. The van der Waals surface area contributed by atoms with Gasteiger partial charge in [-0.25, -0.2) is 9.97 Å². The second-order valence-electron chi connectivity index (χ2n) is 2.90. The first-order chi connectivity index (χ1) is 7.25. The van der Waals surface area contributed by atoms with Crippen molar-refractivity contribution in [1.82, 2.24) is 9.97 Å². The van der Waals surface area contributed by atoms with Gasteiger partial charge in [0.25, 0.3) is 0 Å². The van der Waals surface area contributed by atoms with E-state index in [4.69, 9.17) is 22.1 Å². The van der Waals surface area contributed by atoms with E-state index in [0.29, 0.717) is 11.5 Å². The van der Waals surface area contributed by atoms with E-state index in [1.165, 1.54) is 6.33 Å². The maximum absolute atomic E-state index is 5.74. The lowest BCUT2D eigenvalue weighted by atomic mass is 10.4. The third kappa shape index (κ3) is 3.89. The van der Waals surface area contributed by atoms with Crippen LogP contribution in [0.1, 0.15) is 13.3 Å². The Kier molecular flexibility index (Phi) is 5.14. The van der Waals surface area contributed by atoms with E-state index in [1.54, 1.807) is 0 Å². The molecule has 0 saturated heterocycles. The van der Waals surface area contributed by atoms with E-state index in [1.807, 2.05) is 6.92 Å². The van der Waals surface area contributed by atoms with Gasteiger partial charge in [-0.05, 0) is 13.3 Å². The zero-order valence-electron chi connectivity index (χ0n) is 8.66. The Morgan fingerprint density at radius 3 is 3.07 bits per heavy atom. The summed E-state index contributed by atoms with van der Waals surface area (Å²) in [5.41, 5.74) is 6.06. The van der Waals surface area contributed by atoms with Crippen molar-refractivity contribution >= 4 is 23.1 Å². The Morgan fingerprint density at radius 2 is 2.33 bits per heavy atom. The van der Waals surface area contributed by atoms with Crippen molar-refractivity contribution in [2.45, 2.75) is 13.3 Å². The monoisotopic (exact) mass is 230 g/mol. The average Bonchev–Trinajstić information content (AvgIpc) is 2.24. The number of ether oxygens (including phenoxy) is 1. The minimum absolute atomic E-state index is 0.275. The Bertz CT molecular complexity index is 308. The number of rotatable bonds is 6. The van der Waals surface area contributed by atoms with Crippen molar-refractivity contribution in [3.8, 4) is 0 Å². The lowest BCUT2D eigenvalue weighted by Crippen LogP contribution is -2.09. The van der Waals surface area contributed by atoms with E-state index >= 15 is 0 Å². The molecule has 0 aliphatic carbocycles. The number of hydrogen-bond donors (Lipinski definition) is 2. The standard InChI is InChI=1S/C9H15ClN4O/c1-2-15-5-3-4-12-9-7(11)8(10)13-6-14-9/h6H,2-5,11H2,1H3,(H,12,13,14). The number of nitrogens with one attached hydrogen (secondary N) is 1. The number of hydrogen-bond acceptors (Lipinski definition) is 5. The van der Waals surface area contributed by atoms with Gasteiger partial charge in [0.05, 0.1) is 0 Å². The summed E-state index contributed by atoms with van der Waals surface area (Å²) in [6, 6.07) is 0. The molecule has 15 heavy (non-hydrogen) atoms. The minimum Gasteiger partial charge on any atom is -0.393 e. The van der Waals surface area contributed by atoms with Gasteiger partial charge in [0.1, 0.15) is 12.0 Å². The number of anilines is 2. The number of nitrogen functional groups attached to an aromatic ring is 1. The first-order valence-electron chi connectivity index (χ1n) is 4.83. The Labute approximate surface area is 94.0 Å². The fraction of sp³-hybridized carbons (Fsp3) is 0.556. The summed E-state index contributed by atoms with van der Waals surface area (Å²) < 4.78 is 5.20. The van der Waals surface area contributed by atoms with Crippen molar-refractivity contribution in [1.29, 1.82) is 0 Å². The van der Waals surface area contributed by atoms with Crippen molar-refractivity contribution in [2.75, 3.05) is 30.8 Å². The van der Waals surface area contributed by atoms with E-state index in [2.05, 4.69) is 15.3 Å². The molecule has 0 radical (unpaired) electrons. The van der Waals surface area contributed by atoms with E-state index < -0.39 is 0 Å². The second kappa shape index (κ2) is 6.42. The van der Waals surface area contributed by atoms with Crippen LogP contribution >= 0.6 is 11.6 Å². The molecule has 0 spiro atoms. The molecule has 5 nitrogen and oxygen atoms in total. The van der Waals surface area contributed by atoms with Crippen molar-refractivity contribution in [2.24, 2.45) is 0 Å². The van der Waals surface area contributed by atoms with Crippen LogP contribution in [0.15, 0.2) is 6.33 Å². The van der Waals surface area contributed by atoms with Crippen LogP contribution in [0, 0.1) is 0 Å². The fourth-order valence-corrected chi connectivity index (χ4v) is 1.17. The molecule has 1 aromatic rings. The van der Waals surface area contributed by atoms with Crippen LogP contribution in [-0.2, 0) is 4.74 Å². The van der Waals surface area contributed by atoms with E-state index in [-0.39, 0.29) is 5.15 Å².